The van der Waals surface area contributed by atoms with Crippen LogP contribution in [0.1, 0.15) is 6.92 Å². The van der Waals surface area contributed by atoms with Gasteiger partial charge in [-0.25, -0.2) is 4.68 Å². The molecular formula is C10H11BrN4. The Morgan fingerprint density at radius 3 is 2.93 bits per heavy atom. The lowest BCUT2D eigenvalue weighted by molar-refractivity contribution is 0.633. The van der Waals surface area contributed by atoms with Gasteiger partial charge < -0.3 is 5.73 Å². The monoisotopic (exact) mass is 266 g/mol. The summed E-state index contributed by atoms with van der Waals surface area (Å²) in [6, 6.07) is 7.93. The van der Waals surface area contributed by atoms with E-state index in [0.717, 1.165) is 22.3 Å². The van der Waals surface area contributed by atoms with Crippen molar-refractivity contribution in [2.45, 2.75) is 13.5 Å². The fourth-order valence-electron chi connectivity index (χ4n) is 1.48. The van der Waals surface area contributed by atoms with Crippen molar-refractivity contribution in [3.8, 4) is 11.3 Å². The molecule has 1 heterocycles. The highest BCUT2D eigenvalue weighted by Crippen LogP contribution is 2.26. The highest BCUT2D eigenvalue weighted by atomic mass is 79.9. The first kappa shape index (κ1) is 10.2. The average molecular weight is 267 g/mol. The molecule has 0 unspecified atom stereocenters. The summed E-state index contributed by atoms with van der Waals surface area (Å²) >= 11 is 3.43. The molecule has 2 N–H and O–H groups in total. The molecular weight excluding hydrogens is 256 g/mol. The van der Waals surface area contributed by atoms with Crippen LogP contribution in [0.3, 0.4) is 0 Å². The number of aromatic nitrogens is 3. The summed E-state index contributed by atoms with van der Waals surface area (Å²) in [6.07, 6.45) is 0. The first-order chi connectivity index (χ1) is 7.22. The highest BCUT2D eigenvalue weighted by molar-refractivity contribution is 9.10. The third kappa shape index (κ3) is 1.87. The molecule has 2 rings (SSSR count). The van der Waals surface area contributed by atoms with Crippen molar-refractivity contribution in [2.75, 3.05) is 5.73 Å². The number of aryl methyl sites for hydroxylation is 1. The van der Waals surface area contributed by atoms with Gasteiger partial charge in [0.2, 0.25) is 0 Å². The first-order valence-electron chi connectivity index (χ1n) is 4.67. The van der Waals surface area contributed by atoms with Crippen molar-refractivity contribution in [1.29, 1.82) is 0 Å². The van der Waals surface area contributed by atoms with Crippen LogP contribution in [-0.4, -0.2) is 15.0 Å². The fourth-order valence-corrected chi connectivity index (χ4v) is 1.88. The lowest BCUT2D eigenvalue weighted by Crippen LogP contribution is -2.00. The summed E-state index contributed by atoms with van der Waals surface area (Å²) in [7, 11) is 0. The van der Waals surface area contributed by atoms with Crippen LogP contribution in [0.5, 0.6) is 0 Å². The molecule has 0 fully saturated rings. The maximum absolute atomic E-state index is 5.79. The average Bonchev–Trinajstić information content (AvgIpc) is 2.59. The van der Waals surface area contributed by atoms with Gasteiger partial charge in [-0.2, -0.15) is 0 Å². The molecule has 78 valence electrons. The van der Waals surface area contributed by atoms with Gasteiger partial charge in [0, 0.05) is 16.6 Å². The maximum atomic E-state index is 5.79. The second-order valence-electron chi connectivity index (χ2n) is 3.15. The second kappa shape index (κ2) is 4.02. The quantitative estimate of drug-likeness (QED) is 0.908. The number of nitrogens with two attached hydrogens (primary N) is 1. The zero-order valence-electron chi connectivity index (χ0n) is 8.31. The van der Waals surface area contributed by atoms with Gasteiger partial charge in [-0.05, 0) is 19.1 Å². The smallest absolute Gasteiger partial charge is 0.174 e. The molecule has 2 aromatic rings. The van der Waals surface area contributed by atoms with E-state index < -0.39 is 0 Å². The first-order valence-corrected chi connectivity index (χ1v) is 5.46. The van der Waals surface area contributed by atoms with E-state index in [1.165, 1.54) is 0 Å². The topological polar surface area (TPSA) is 56.7 Å². The molecule has 0 aliphatic carbocycles. The van der Waals surface area contributed by atoms with Crippen LogP contribution in [0.15, 0.2) is 28.7 Å². The minimum absolute atomic E-state index is 0.468. The van der Waals surface area contributed by atoms with Gasteiger partial charge in [0.15, 0.2) is 5.82 Å². The van der Waals surface area contributed by atoms with E-state index in [0.29, 0.717) is 5.82 Å². The Hall–Kier alpha value is -1.36. The summed E-state index contributed by atoms with van der Waals surface area (Å²) in [6.45, 7) is 2.77. The molecule has 0 amide bonds. The molecule has 0 radical (unpaired) electrons. The molecule has 0 saturated heterocycles. The number of nitrogen functional groups attached to an aromatic ring is 1. The highest BCUT2D eigenvalue weighted by Gasteiger charge is 2.11. The van der Waals surface area contributed by atoms with Crippen LogP contribution in [0.25, 0.3) is 11.3 Å². The van der Waals surface area contributed by atoms with Crippen LogP contribution in [-0.2, 0) is 6.54 Å². The third-order valence-corrected chi connectivity index (χ3v) is 2.65. The number of benzene rings is 1. The third-order valence-electron chi connectivity index (χ3n) is 2.16. The fraction of sp³-hybridized carbons (Fsp3) is 0.200. The molecule has 1 aromatic carbocycles. The minimum Gasteiger partial charge on any atom is -0.380 e. The Morgan fingerprint density at radius 1 is 1.47 bits per heavy atom. The number of anilines is 1. The van der Waals surface area contributed by atoms with Crippen molar-refractivity contribution in [2.24, 2.45) is 0 Å². The van der Waals surface area contributed by atoms with Crippen LogP contribution in [0.2, 0.25) is 0 Å². The molecule has 5 heteroatoms. The van der Waals surface area contributed by atoms with E-state index in [4.69, 9.17) is 5.73 Å². The van der Waals surface area contributed by atoms with Crippen molar-refractivity contribution in [3.05, 3.63) is 28.7 Å². The normalized spacial score (nSPS) is 10.5. The SMILES string of the molecule is CCn1nnc(N)c1-c1cccc(Br)c1. The van der Waals surface area contributed by atoms with E-state index in [1.54, 1.807) is 4.68 Å². The van der Waals surface area contributed by atoms with Crippen molar-refractivity contribution >= 4 is 21.7 Å². The van der Waals surface area contributed by atoms with Gasteiger partial charge >= 0.3 is 0 Å². The standard InChI is InChI=1S/C10H11BrN4/c1-2-15-9(10(12)13-14-15)7-4-3-5-8(11)6-7/h3-6H,2,12H2,1H3. The molecule has 0 aliphatic rings. The molecule has 0 saturated carbocycles. The Morgan fingerprint density at radius 2 is 2.27 bits per heavy atom. The van der Waals surface area contributed by atoms with E-state index in [9.17, 15) is 0 Å². The minimum atomic E-state index is 0.468. The van der Waals surface area contributed by atoms with Gasteiger partial charge in [0.05, 0.1) is 0 Å². The second-order valence-corrected chi connectivity index (χ2v) is 4.07. The summed E-state index contributed by atoms with van der Waals surface area (Å²) in [4.78, 5) is 0. The Kier molecular flexibility index (Phi) is 2.73. The molecule has 15 heavy (non-hydrogen) atoms. The van der Waals surface area contributed by atoms with E-state index >= 15 is 0 Å². The van der Waals surface area contributed by atoms with Crippen molar-refractivity contribution in [1.82, 2.24) is 15.0 Å². The van der Waals surface area contributed by atoms with E-state index in [2.05, 4.69) is 26.2 Å². The molecule has 1 aromatic heterocycles. The van der Waals surface area contributed by atoms with Crippen LogP contribution in [0, 0.1) is 0 Å². The Balaban J connectivity index is 2.57. The summed E-state index contributed by atoms with van der Waals surface area (Å²) in [5.74, 6) is 0.468. The number of hydrogen-bond donors (Lipinski definition) is 1. The van der Waals surface area contributed by atoms with Crippen LogP contribution >= 0.6 is 15.9 Å². The molecule has 0 bridgehead atoms. The maximum Gasteiger partial charge on any atom is 0.174 e. The van der Waals surface area contributed by atoms with E-state index in [1.807, 2.05) is 31.2 Å². The van der Waals surface area contributed by atoms with Gasteiger partial charge in [-0.15, -0.1) is 5.10 Å². The number of halogens is 1. The number of hydrogen-bond acceptors (Lipinski definition) is 3. The number of rotatable bonds is 2. The lowest BCUT2D eigenvalue weighted by atomic mass is 10.1. The molecule has 4 nitrogen and oxygen atoms in total. The predicted molar refractivity (Wildman–Crippen MR) is 63.2 cm³/mol. The summed E-state index contributed by atoms with van der Waals surface area (Å²) in [5.41, 5.74) is 7.69. The summed E-state index contributed by atoms with van der Waals surface area (Å²) < 4.78 is 2.81. The predicted octanol–water partition coefficient (Wildman–Crippen LogP) is 2.31. The largest absolute Gasteiger partial charge is 0.380 e. The van der Waals surface area contributed by atoms with Crippen molar-refractivity contribution in [3.63, 3.8) is 0 Å². The Labute approximate surface area is 96.2 Å². The van der Waals surface area contributed by atoms with Crippen molar-refractivity contribution < 1.29 is 0 Å². The van der Waals surface area contributed by atoms with Gasteiger partial charge in [0.25, 0.3) is 0 Å². The van der Waals surface area contributed by atoms with Gasteiger partial charge in [-0.3, -0.25) is 0 Å². The molecule has 0 spiro atoms. The zero-order chi connectivity index (χ0) is 10.8. The summed E-state index contributed by atoms with van der Waals surface area (Å²) in [5, 5.41) is 7.84. The Bertz CT molecular complexity index is 478. The molecule has 0 aliphatic heterocycles. The van der Waals surface area contributed by atoms with E-state index in [-0.39, 0.29) is 0 Å². The van der Waals surface area contributed by atoms with Gasteiger partial charge in [-0.1, -0.05) is 33.3 Å². The lowest BCUT2D eigenvalue weighted by Gasteiger charge is -2.04. The van der Waals surface area contributed by atoms with Crippen LogP contribution < -0.4 is 5.73 Å². The molecule has 0 atom stereocenters. The zero-order valence-corrected chi connectivity index (χ0v) is 9.90. The number of nitrogens with zero attached hydrogens (tertiary/aromatic N) is 3. The van der Waals surface area contributed by atoms with Crippen LogP contribution in [0.4, 0.5) is 5.82 Å². The van der Waals surface area contributed by atoms with Gasteiger partial charge in [0.1, 0.15) is 5.69 Å².